The summed E-state index contributed by atoms with van der Waals surface area (Å²) in [5.74, 6) is 1.13. The molecule has 1 aromatic heterocycles. The van der Waals surface area contributed by atoms with Crippen LogP contribution in [0.15, 0.2) is 72.9 Å². The predicted octanol–water partition coefficient (Wildman–Crippen LogP) is 3.93. The van der Waals surface area contributed by atoms with Crippen LogP contribution in [-0.4, -0.2) is 54.7 Å². The smallest absolute Gasteiger partial charge is 0.324 e. The number of hydrogen-bond donors (Lipinski definition) is 0. The van der Waals surface area contributed by atoms with Gasteiger partial charge >= 0.3 is 6.03 Å². The lowest BCUT2D eigenvalue weighted by atomic mass is 10.2. The van der Waals surface area contributed by atoms with Crippen LogP contribution in [0.25, 0.3) is 0 Å². The summed E-state index contributed by atoms with van der Waals surface area (Å²) >= 11 is 0. The second kappa shape index (κ2) is 10.0. The lowest BCUT2D eigenvalue weighted by Gasteiger charge is -2.33. The monoisotopic (exact) mass is 479 g/mol. The molecule has 1 fully saturated rings. The van der Waals surface area contributed by atoms with Gasteiger partial charge in [-0.15, -0.1) is 0 Å². The van der Waals surface area contributed by atoms with Crippen LogP contribution in [-0.2, 0) is 16.4 Å². The number of hydrogen-bond acceptors (Lipinski definition) is 6. The van der Waals surface area contributed by atoms with Gasteiger partial charge in [0.25, 0.3) is 0 Å². The normalized spacial score (nSPS) is 14.9. The van der Waals surface area contributed by atoms with Crippen molar-refractivity contribution in [3.63, 3.8) is 0 Å². The topological polar surface area (TPSA) is 96.9 Å². The first-order chi connectivity index (χ1) is 16.3. The molecule has 0 spiro atoms. The summed E-state index contributed by atoms with van der Waals surface area (Å²) in [6.07, 6.45) is 1.49. The minimum absolute atomic E-state index is 0.0536. The maximum atomic E-state index is 13.4. The number of aromatic nitrogens is 1. The van der Waals surface area contributed by atoms with E-state index in [1.165, 1.54) is 13.1 Å². The van der Waals surface area contributed by atoms with E-state index in [9.17, 15) is 18.0 Å². The number of ether oxygens (including phenoxy) is 1. The number of carbonyl (C=O) groups is 2. The molecule has 2 heterocycles. The van der Waals surface area contributed by atoms with E-state index in [1.807, 2.05) is 30.3 Å². The zero-order valence-corrected chi connectivity index (χ0v) is 19.6. The van der Waals surface area contributed by atoms with Gasteiger partial charge in [0.15, 0.2) is 15.6 Å². The largest absolute Gasteiger partial charge is 0.457 e. The molecule has 2 aromatic carbocycles. The van der Waals surface area contributed by atoms with E-state index < -0.39 is 9.84 Å². The van der Waals surface area contributed by atoms with E-state index >= 15 is 0 Å². The number of Topliss-reactive ketones (excluding diaryl/α,β-unsaturated/α-hetero) is 1. The standard InChI is InChI=1S/C25H25N3O5S/c1-19(29)20-7-8-21(26-17-20)18-28(25(30)27-13-15-34(31,32)16-14-27)22-9-11-24(12-10-22)33-23-5-3-2-4-6-23/h2-12,17H,13-16,18H2,1H3. The fourth-order valence-electron chi connectivity index (χ4n) is 3.55. The SMILES string of the molecule is CC(=O)c1ccc(CN(C(=O)N2CCS(=O)(=O)CC2)c2ccc(Oc3ccccc3)cc2)nc1. The quantitative estimate of drug-likeness (QED) is 0.497. The van der Waals surface area contributed by atoms with Gasteiger partial charge in [-0.1, -0.05) is 18.2 Å². The fraction of sp³-hybridized carbons (Fsp3) is 0.240. The van der Waals surface area contributed by atoms with E-state index in [0.717, 1.165) is 0 Å². The minimum atomic E-state index is -3.12. The lowest BCUT2D eigenvalue weighted by molar-refractivity contribution is 0.101. The number of amides is 2. The van der Waals surface area contributed by atoms with Crippen molar-refractivity contribution in [1.29, 1.82) is 0 Å². The van der Waals surface area contributed by atoms with Gasteiger partial charge < -0.3 is 9.64 Å². The number of para-hydroxylation sites is 1. The Kier molecular flexibility index (Phi) is 6.93. The molecule has 34 heavy (non-hydrogen) atoms. The number of pyridine rings is 1. The van der Waals surface area contributed by atoms with E-state index in [4.69, 9.17) is 4.74 Å². The number of rotatable bonds is 6. The maximum Gasteiger partial charge on any atom is 0.324 e. The Bertz CT molecular complexity index is 1250. The summed E-state index contributed by atoms with van der Waals surface area (Å²) in [7, 11) is -3.12. The average Bonchev–Trinajstić information content (AvgIpc) is 2.84. The molecule has 0 radical (unpaired) electrons. The molecular weight excluding hydrogens is 454 g/mol. The van der Waals surface area contributed by atoms with Crippen molar-refractivity contribution in [2.75, 3.05) is 29.5 Å². The van der Waals surface area contributed by atoms with E-state index in [-0.39, 0.29) is 43.0 Å². The highest BCUT2D eigenvalue weighted by atomic mass is 32.2. The van der Waals surface area contributed by atoms with Crippen molar-refractivity contribution < 1.29 is 22.7 Å². The highest BCUT2D eigenvalue weighted by molar-refractivity contribution is 7.91. The second-order valence-corrected chi connectivity index (χ2v) is 10.3. The van der Waals surface area contributed by atoms with Crippen molar-refractivity contribution in [3.8, 4) is 11.5 Å². The van der Waals surface area contributed by atoms with E-state index in [2.05, 4.69) is 4.98 Å². The number of ketones is 1. The third kappa shape index (κ3) is 5.79. The van der Waals surface area contributed by atoms with Crippen molar-refractivity contribution in [2.24, 2.45) is 0 Å². The minimum Gasteiger partial charge on any atom is -0.457 e. The van der Waals surface area contributed by atoms with Gasteiger partial charge in [-0.05, 0) is 55.5 Å². The predicted molar refractivity (Wildman–Crippen MR) is 129 cm³/mol. The molecule has 3 aromatic rings. The molecule has 0 saturated carbocycles. The Morgan fingerprint density at radius 1 is 0.941 bits per heavy atom. The fourth-order valence-corrected chi connectivity index (χ4v) is 4.75. The van der Waals surface area contributed by atoms with Crippen LogP contribution in [0.1, 0.15) is 23.0 Å². The van der Waals surface area contributed by atoms with Gasteiger partial charge in [0, 0.05) is 30.5 Å². The Balaban J connectivity index is 1.57. The van der Waals surface area contributed by atoms with Gasteiger partial charge in [0.1, 0.15) is 11.5 Å². The van der Waals surface area contributed by atoms with Crippen LogP contribution in [0.4, 0.5) is 10.5 Å². The average molecular weight is 480 g/mol. The third-order valence-corrected chi connectivity index (χ3v) is 7.13. The maximum absolute atomic E-state index is 13.4. The molecule has 1 saturated heterocycles. The van der Waals surface area contributed by atoms with Gasteiger partial charge in [0.05, 0.1) is 23.7 Å². The number of nitrogens with zero attached hydrogens (tertiary/aromatic N) is 3. The van der Waals surface area contributed by atoms with Crippen molar-refractivity contribution in [3.05, 3.63) is 84.2 Å². The molecule has 1 aliphatic rings. The first-order valence-corrected chi connectivity index (χ1v) is 12.7. The Morgan fingerprint density at radius 3 is 2.18 bits per heavy atom. The zero-order valence-electron chi connectivity index (χ0n) is 18.8. The van der Waals surface area contributed by atoms with Crippen LogP contribution < -0.4 is 9.64 Å². The molecule has 0 aliphatic carbocycles. The number of anilines is 1. The number of benzene rings is 2. The summed E-state index contributed by atoms with van der Waals surface area (Å²) in [6.45, 7) is 1.92. The van der Waals surface area contributed by atoms with Gasteiger partial charge in [-0.2, -0.15) is 0 Å². The van der Waals surface area contributed by atoms with Gasteiger partial charge in [0.2, 0.25) is 0 Å². The summed E-state index contributed by atoms with van der Waals surface area (Å²) in [5, 5.41) is 0. The molecule has 0 atom stereocenters. The highest BCUT2D eigenvalue weighted by Gasteiger charge is 2.29. The molecule has 8 nitrogen and oxygen atoms in total. The Morgan fingerprint density at radius 2 is 1.59 bits per heavy atom. The first kappa shape index (κ1) is 23.4. The molecule has 1 aliphatic heterocycles. The zero-order chi connectivity index (χ0) is 24.1. The van der Waals surface area contributed by atoms with Crippen molar-refractivity contribution in [1.82, 2.24) is 9.88 Å². The lowest BCUT2D eigenvalue weighted by Crippen LogP contribution is -2.49. The second-order valence-electron chi connectivity index (χ2n) is 8.01. The Labute approximate surface area is 198 Å². The number of urea groups is 1. The van der Waals surface area contributed by atoms with Crippen LogP contribution in [0.5, 0.6) is 11.5 Å². The van der Waals surface area contributed by atoms with Gasteiger partial charge in [-0.25, -0.2) is 13.2 Å². The molecule has 0 N–H and O–H groups in total. The summed E-state index contributed by atoms with van der Waals surface area (Å²) in [4.78, 5) is 32.4. The van der Waals surface area contributed by atoms with Crippen LogP contribution in [0, 0.1) is 0 Å². The van der Waals surface area contributed by atoms with Crippen molar-refractivity contribution in [2.45, 2.75) is 13.5 Å². The number of carbonyl (C=O) groups excluding carboxylic acids is 2. The van der Waals surface area contributed by atoms with E-state index in [0.29, 0.717) is 28.4 Å². The number of sulfone groups is 1. The summed E-state index contributed by atoms with van der Waals surface area (Å²) in [5.41, 5.74) is 1.72. The summed E-state index contributed by atoms with van der Waals surface area (Å²) < 4.78 is 29.5. The van der Waals surface area contributed by atoms with E-state index in [1.54, 1.807) is 46.2 Å². The van der Waals surface area contributed by atoms with Crippen LogP contribution >= 0.6 is 0 Å². The summed E-state index contributed by atoms with van der Waals surface area (Å²) in [6, 6.07) is 19.6. The molecule has 2 amide bonds. The molecule has 0 unspecified atom stereocenters. The van der Waals surface area contributed by atoms with Crippen LogP contribution in [0.2, 0.25) is 0 Å². The molecule has 9 heteroatoms. The van der Waals surface area contributed by atoms with Crippen LogP contribution in [0.3, 0.4) is 0 Å². The van der Waals surface area contributed by atoms with Gasteiger partial charge in [-0.3, -0.25) is 14.7 Å². The third-order valence-electron chi connectivity index (χ3n) is 5.52. The molecular formula is C25H25N3O5S. The Hall–Kier alpha value is -3.72. The molecule has 176 valence electrons. The first-order valence-electron chi connectivity index (χ1n) is 10.9. The highest BCUT2D eigenvalue weighted by Crippen LogP contribution is 2.26. The molecule has 0 bridgehead atoms. The molecule has 4 rings (SSSR count). The van der Waals surface area contributed by atoms with Crippen molar-refractivity contribution >= 4 is 27.3 Å².